The van der Waals surface area contributed by atoms with Crippen LogP contribution < -0.4 is 34.9 Å². The van der Waals surface area contributed by atoms with Crippen molar-refractivity contribution in [2.45, 2.75) is 75.4 Å². The van der Waals surface area contributed by atoms with Gasteiger partial charge >= 0.3 is 6.09 Å². The molecule has 16 nitrogen and oxygen atoms in total. The van der Waals surface area contributed by atoms with E-state index in [4.69, 9.17) is 29.4 Å². The summed E-state index contributed by atoms with van der Waals surface area (Å²) in [5, 5.41) is 14.5. The topological polar surface area (TPSA) is 195 Å². The minimum absolute atomic E-state index is 0.0114. The molecular formula is C43H56N6O10S2. The largest absolute Gasteiger partial charge is 0.493 e. The predicted octanol–water partition coefficient (Wildman–Crippen LogP) is 5.49. The number of hydrogen-bond acceptors (Lipinski definition) is 14. The maximum absolute atomic E-state index is 14.0. The highest BCUT2D eigenvalue weighted by atomic mass is 33.1. The second-order valence-electron chi connectivity index (χ2n) is 15.9. The van der Waals surface area contributed by atoms with Crippen molar-refractivity contribution in [2.24, 2.45) is 10.7 Å². The molecule has 0 bridgehead atoms. The number of ether oxygens (including phenoxy) is 5. The van der Waals surface area contributed by atoms with Crippen LogP contribution in [0.25, 0.3) is 0 Å². The fourth-order valence-corrected chi connectivity index (χ4v) is 9.88. The second kappa shape index (κ2) is 20.3. The molecule has 0 aliphatic carbocycles. The van der Waals surface area contributed by atoms with E-state index in [2.05, 4.69) is 23.5 Å². The van der Waals surface area contributed by atoms with Crippen LogP contribution in [0, 0.1) is 0 Å². The molecule has 2 saturated heterocycles. The molecule has 0 saturated carbocycles. The van der Waals surface area contributed by atoms with Crippen molar-refractivity contribution in [3.8, 4) is 23.0 Å². The smallest absolute Gasteiger partial charge is 0.416 e. The molecule has 6 rings (SSSR count). The lowest BCUT2D eigenvalue weighted by Gasteiger charge is -2.32. The second-order valence-corrected chi connectivity index (χ2v) is 19.0. The number of aliphatic hydroxyl groups excluding tert-OH is 1. The van der Waals surface area contributed by atoms with Crippen LogP contribution in [0.1, 0.15) is 73.1 Å². The zero-order valence-corrected chi connectivity index (χ0v) is 36.9. The van der Waals surface area contributed by atoms with Gasteiger partial charge in [0, 0.05) is 56.7 Å². The van der Waals surface area contributed by atoms with Crippen LogP contribution in [0.2, 0.25) is 0 Å². The Morgan fingerprint density at radius 1 is 0.918 bits per heavy atom. The number of amides is 4. The number of benzene rings is 2. The Bertz CT molecular complexity index is 2050. The average Bonchev–Trinajstić information content (AvgIpc) is 3.78. The fourth-order valence-electron chi connectivity index (χ4n) is 7.50. The van der Waals surface area contributed by atoms with Crippen molar-refractivity contribution < 1.29 is 48.0 Å². The fraction of sp³-hybridized carbons (Fsp3) is 0.512. The van der Waals surface area contributed by atoms with Gasteiger partial charge in [-0.05, 0) is 58.1 Å². The molecule has 2 fully saturated rings. The maximum atomic E-state index is 14.0. The number of rotatable bonds is 19. The van der Waals surface area contributed by atoms with Gasteiger partial charge in [-0.25, -0.2) is 9.69 Å². The molecular weight excluding hydrogens is 825 g/mol. The number of hydrogen-bond donors (Lipinski definition) is 3. The molecule has 0 aromatic heterocycles. The van der Waals surface area contributed by atoms with Crippen molar-refractivity contribution in [3.05, 3.63) is 59.7 Å². The summed E-state index contributed by atoms with van der Waals surface area (Å²) < 4.78 is 28.8. The molecule has 4 heterocycles. The summed E-state index contributed by atoms with van der Waals surface area (Å²) in [5.41, 5.74) is 8.50. The Balaban J connectivity index is 1.07. The quantitative estimate of drug-likeness (QED) is 0.0912. The summed E-state index contributed by atoms with van der Waals surface area (Å²) in [4.78, 5) is 62.3. The molecule has 1 unspecified atom stereocenters. The lowest BCUT2D eigenvalue weighted by molar-refractivity contribution is -0.120. The van der Waals surface area contributed by atoms with Gasteiger partial charge in [-0.1, -0.05) is 45.9 Å². The third kappa shape index (κ3) is 10.8. The van der Waals surface area contributed by atoms with E-state index in [1.165, 1.54) is 46.8 Å². The van der Waals surface area contributed by atoms with Crippen molar-refractivity contribution >= 4 is 63.0 Å². The van der Waals surface area contributed by atoms with E-state index in [0.29, 0.717) is 98.3 Å². The molecule has 2 aromatic rings. The molecule has 4 aliphatic rings. The van der Waals surface area contributed by atoms with Gasteiger partial charge in [-0.2, -0.15) is 0 Å². The Labute approximate surface area is 364 Å². The Kier molecular flexibility index (Phi) is 15.2. The molecule has 18 heteroatoms. The summed E-state index contributed by atoms with van der Waals surface area (Å²) in [7, 11) is 5.98. The highest BCUT2D eigenvalue weighted by Gasteiger charge is 2.46. The van der Waals surface area contributed by atoms with Crippen LogP contribution >= 0.6 is 21.6 Å². The predicted molar refractivity (Wildman–Crippen MR) is 237 cm³/mol. The third-order valence-corrected chi connectivity index (χ3v) is 13.9. The molecule has 2 aromatic carbocycles. The third-order valence-electron chi connectivity index (χ3n) is 10.6. The monoisotopic (exact) mass is 880 g/mol. The number of carbonyl (C=O) groups excluding carboxylic acids is 4. The molecule has 0 spiro atoms. The molecule has 4 N–H and O–H groups in total. The number of fused-ring (bicyclic) bond motifs is 4. The van der Waals surface area contributed by atoms with Crippen LogP contribution in [-0.2, 0) is 9.53 Å². The van der Waals surface area contributed by atoms with Gasteiger partial charge < -0.3 is 49.6 Å². The first-order valence-electron chi connectivity index (χ1n) is 20.4. The van der Waals surface area contributed by atoms with Gasteiger partial charge in [0.05, 0.1) is 66.8 Å². The zero-order valence-electron chi connectivity index (χ0n) is 35.2. The summed E-state index contributed by atoms with van der Waals surface area (Å²) >= 11 is 0. The lowest BCUT2D eigenvalue weighted by atomic mass is 10.1. The van der Waals surface area contributed by atoms with E-state index in [-0.39, 0.29) is 54.8 Å². The number of aliphatic hydroxyl groups is 1. The van der Waals surface area contributed by atoms with E-state index < -0.39 is 23.1 Å². The number of anilines is 1. The standard InChI is InChI=1S/C43H56N6O10S2/c1-26-16-28-22-46-31-20-36(34(55-5)18-29(31)39(51)47(28)23-26)57-13-8-7-9-14-58-37-21-32-30(19-35(37)56-6)40(52)48-24-27(2)17-33(48)41(53)49(32)42(54)59-25-43(3,4)61-60-15-10-38(50)45-12-11-44/h18-22,28,33,41,53H,1-2,7-17,23-25,44H2,3-6H3,(H,45,50)/t28-,33-,41?/m0/s1. The number of methoxy groups -OCH3 is 2. The number of nitrogens with one attached hydrogen (secondary N) is 1. The zero-order chi connectivity index (χ0) is 43.8. The summed E-state index contributed by atoms with van der Waals surface area (Å²) in [6, 6.07) is 5.64. The molecule has 330 valence electrons. The highest BCUT2D eigenvalue weighted by molar-refractivity contribution is 8.77. The molecule has 61 heavy (non-hydrogen) atoms. The maximum Gasteiger partial charge on any atom is 0.416 e. The first-order valence-corrected chi connectivity index (χ1v) is 22.7. The van der Waals surface area contributed by atoms with Crippen LogP contribution in [0.3, 0.4) is 0 Å². The normalized spacial score (nSPS) is 19.4. The SMILES string of the molecule is C=C1C[C@H]2C=Nc3cc(OCCCCCOc4cc5c(cc4OC)C(=O)N4CC(=C)C[C@H]4C(O)N5C(=O)OCC(C)(C)SSCCC(=O)NCCN)c(OC)cc3C(=O)N2C1. The van der Waals surface area contributed by atoms with Gasteiger partial charge in [0.15, 0.2) is 29.2 Å². The van der Waals surface area contributed by atoms with E-state index in [9.17, 15) is 24.3 Å². The van der Waals surface area contributed by atoms with Gasteiger partial charge in [-0.15, -0.1) is 0 Å². The molecule has 0 radical (unpaired) electrons. The first-order chi connectivity index (χ1) is 29.2. The average molecular weight is 881 g/mol. The minimum Gasteiger partial charge on any atom is -0.493 e. The van der Waals surface area contributed by atoms with Gasteiger partial charge in [0.25, 0.3) is 11.8 Å². The lowest BCUT2D eigenvalue weighted by Crippen LogP contribution is -2.51. The van der Waals surface area contributed by atoms with Gasteiger partial charge in [-0.3, -0.25) is 19.4 Å². The summed E-state index contributed by atoms with van der Waals surface area (Å²) in [5.74, 6) is 1.51. The van der Waals surface area contributed by atoms with Crippen molar-refractivity contribution in [1.29, 1.82) is 0 Å². The molecule has 4 aliphatic heterocycles. The Morgan fingerprint density at radius 2 is 1.56 bits per heavy atom. The van der Waals surface area contributed by atoms with Crippen molar-refractivity contribution in [1.82, 2.24) is 15.1 Å². The van der Waals surface area contributed by atoms with E-state index in [1.54, 1.807) is 29.3 Å². The molecule has 4 amide bonds. The van der Waals surface area contributed by atoms with Gasteiger partial charge in [0.2, 0.25) is 5.91 Å². The van der Waals surface area contributed by atoms with E-state index in [1.807, 2.05) is 13.8 Å². The van der Waals surface area contributed by atoms with E-state index in [0.717, 1.165) is 22.5 Å². The highest BCUT2D eigenvalue weighted by Crippen LogP contribution is 2.43. The first kappa shape index (κ1) is 45.6. The number of nitrogens with two attached hydrogens (primary N) is 1. The van der Waals surface area contributed by atoms with Crippen LogP contribution in [-0.4, -0.2) is 134 Å². The Morgan fingerprint density at radius 3 is 2.25 bits per heavy atom. The molecule has 3 atom stereocenters. The number of nitrogens with zero attached hydrogens (tertiary/aromatic N) is 4. The van der Waals surface area contributed by atoms with Crippen molar-refractivity contribution in [3.63, 3.8) is 0 Å². The van der Waals surface area contributed by atoms with Gasteiger partial charge in [0.1, 0.15) is 6.61 Å². The van der Waals surface area contributed by atoms with Crippen LogP contribution in [0.4, 0.5) is 16.2 Å². The number of unbranched alkanes of at least 4 members (excludes halogenated alkanes) is 2. The van der Waals surface area contributed by atoms with E-state index >= 15 is 0 Å². The Hall–Kier alpha value is -4.91. The number of aliphatic imine (C=N–C) groups is 1. The van der Waals surface area contributed by atoms with Crippen LogP contribution in [0.15, 0.2) is 53.6 Å². The number of carbonyl (C=O) groups is 4. The minimum atomic E-state index is -1.43. The summed E-state index contributed by atoms with van der Waals surface area (Å²) in [6.45, 7) is 14.1. The van der Waals surface area contributed by atoms with Crippen molar-refractivity contribution in [2.75, 3.05) is 70.9 Å². The summed E-state index contributed by atoms with van der Waals surface area (Å²) in [6.07, 6.45) is 2.93. The van der Waals surface area contributed by atoms with Crippen LogP contribution in [0.5, 0.6) is 23.0 Å².